The van der Waals surface area contributed by atoms with Crippen molar-refractivity contribution in [1.82, 2.24) is 14.9 Å². The van der Waals surface area contributed by atoms with Crippen LogP contribution in [0.2, 0.25) is 5.02 Å². The van der Waals surface area contributed by atoms with Crippen LogP contribution < -0.4 is 5.73 Å². The van der Waals surface area contributed by atoms with Crippen LogP contribution in [0.3, 0.4) is 0 Å². The van der Waals surface area contributed by atoms with Gasteiger partial charge in [0.2, 0.25) is 5.95 Å². The van der Waals surface area contributed by atoms with Crippen LogP contribution in [0.5, 0.6) is 0 Å². The Balaban J connectivity index is 2.02. The van der Waals surface area contributed by atoms with Crippen molar-refractivity contribution in [2.45, 2.75) is 18.9 Å². The Kier molecular flexibility index (Phi) is 4.57. The van der Waals surface area contributed by atoms with Gasteiger partial charge in [0.1, 0.15) is 0 Å². The normalized spacial score (nSPS) is 18.7. The predicted molar refractivity (Wildman–Crippen MR) is 87.5 cm³/mol. The minimum atomic E-state index is 0.146. The summed E-state index contributed by atoms with van der Waals surface area (Å²) in [6, 6.07) is 7.81. The molecule has 0 amide bonds. The fraction of sp³-hybridized carbons (Fsp3) is 0.375. The van der Waals surface area contributed by atoms with Gasteiger partial charge in [0.25, 0.3) is 0 Å². The number of aliphatic hydroxyl groups excluding tert-OH is 1. The van der Waals surface area contributed by atoms with Gasteiger partial charge in [-0.25, -0.2) is 9.97 Å². The number of rotatable bonds is 4. The number of halogens is 1. The van der Waals surface area contributed by atoms with E-state index in [1.54, 1.807) is 6.20 Å². The molecule has 0 unspecified atom stereocenters. The molecule has 5 nitrogen and oxygen atoms in total. The Morgan fingerprint density at radius 2 is 2.09 bits per heavy atom. The van der Waals surface area contributed by atoms with Crippen molar-refractivity contribution in [3.63, 3.8) is 0 Å². The van der Waals surface area contributed by atoms with E-state index in [1.807, 2.05) is 24.3 Å². The highest BCUT2D eigenvalue weighted by atomic mass is 35.5. The van der Waals surface area contributed by atoms with Crippen LogP contribution in [0.15, 0.2) is 30.5 Å². The van der Waals surface area contributed by atoms with E-state index in [0.717, 1.165) is 36.2 Å². The molecule has 1 aliphatic rings. The summed E-state index contributed by atoms with van der Waals surface area (Å²) < 4.78 is 0. The van der Waals surface area contributed by atoms with E-state index in [9.17, 15) is 5.11 Å². The number of aliphatic hydroxyl groups is 1. The maximum absolute atomic E-state index is 9.25. The summed E-state index contributed by atoms with van der Waals surface area (Å²) in [4.78, 5) is 10.9. The van der Waals surface area contributed by atoms with Crippen molar-refractivity contribution >= 4 is 17.5 Å². The van der Waals surface area contributed by atoms with Crippen LogP contribution >= 0.6 is 11.6 Å². The molecule has 0 radical (unpaired) electrons. The van der Waals surface area contributed by atoms with Crippen LogP contribution in [0, 0.1) is 0 Å². The molecule has 1 fully saturated rings. The second kappa shape index (κ2) is 6.60. The lowest BCUT2D eigenvalue weighted by Crippen LogP contribution is -2.27. The average Bonchev–Trinajstić information content (AvgIpc) is 2.97. The molecule has 22 heavy (non-hydrogen) atoms. The van der Waals surface area contributed by atoms with Crippen molar-refractivity contribution in [2.75, 3.05) is 25.4 Å². The minimum Gasteiger partial charge on any atom is -0.395 e. The molecule has 0 aliphatic carbocycles. The Hall–Kier alpha value is -1.69. The van der Waals surface area contributed by atoms with Crippen molar-refractivity contribution < 1.29 is 5.11 Å². The van der Waals surface area contributed by atoms with E-state index in [0.29, 0.717) is 11.6 Å². The van der Waals surface area contributed by atoms with Crippen molar-refractivity contribution in [2.24, 2.45) is 0 Å². The lowest BCUT2D eigenvalue weighted by molar-refractivity contribution is 0.184. The van der Waals surface area contributed by atoms with Crippen LogP contribution in [0.1, 0.15) is 24.6 Å². The molecule has 3 N–H and O–H groups in total. The molecule has 2 aromatic rings. The van der Waals surface area contributed by atoms with Gasteiger partial charge in [0.05, 0.1) is 18.3 Å². The lowest BCUT2D eigenvalue weighted by Gasteiger charge is -2.25. The van der Waals surface area contributed by atoms with E-state index in [4.69, 9.17) is 17.3 Å². The van der Waals surface area contributed by atoms with Crippen molar-refractivity contribution in [3.05, 3.63) is 41.2 Å². The van der Waals surface area contributed by atoms with Gasteiger partial charge in [0, 0.05) is 23.3 Å². The maximum atomic E-state index is 9.25. The number of β-amino-alcohol motifs (C(OH)–C–C–N with tert-alkyl or cyclic N) is 1. The summed E-state index contributed by atoms with van der Waals surface area (Å²) in [5, 5.41) is 9.95. The fourth-order valence-corrected chi connectivity index (χ4v) is 3.17. The molecular weight excluding hydrogens is 300 g/mol. The van der Waals surface area contributed by atoms with E-state index in [1.165, 1.54) is 0 Å². The monoisotopic (exact) mass is 318 g/mol. The van der Waals surface area contributed by atoms with Gasteiger partial charge in [-0.3, -0.25) is 4.90 Å². The molecule has 6 heteroatoms. The summed E-state index contributed by atoms with van der Waals surface area (Å²) in [6.07, 6.45) is 3.88. The number of nitrogen functional groups attached to an aromatic ring is 1. The minimum absolute atomic E-state index is 0.146. The largest absolute Gasteiger partial charge is 0.395 e. The number of anilines is 1. The fourth-order valence-electron chi connectivity index (χ4n) is 3.05. The number of hydrogen-bond acceptors (Lipinski definition) is 5. The number of aromatic nitrogens is 2. The standard InChI is InChI=1S/C16H19ClN4O/c17-12-5-3-11(4-6-12)13-10-19-16(18)20-15(13)14-2-1-7-21(14)8-9-22/h3-6,10,14,22H,1-2,7-9H2,(H2,18,19,20)/t14-/m0/s1. The zero-order valence-electron chi connectivity index (χ0n) is 12.2. The third-order valence-electron chi connectivity index (χ3n) is 4.06. The van der Waals surface area contributed by atoms with Gasteiger partial charge >= 0.3 is 0 Å². The molecule has 1 saturated heterocycles. The summed E-state index contributed by atoms with van der Waals surface area (Å²) in [7, 11) is 0. The van der Waals surface area contributed by atoms with Gasteiger partial charge < -0.3 is 10.8 Å². The molecule has 1 aliphatic heterocycles. The zero-order chi connectivity index (χ0) is 15.5. The predicted octanol–water partition coefficient (Wildman–Crippen LogP) is 2.51. The van der Waals surface area contributed by atoms with E-state index in [-0.39, 0.29) is 18.6 Å². The third-order valence-corrected chi connectivity index (χ3v) is 4.31. The second-order valence-corrected chi connectivity index (χ2v) is 5.89. The zero-order valence-corrected chi connectivity index (χ0v) is 13.0. The molecule has 3 rings (SSSR count). The lowest BCUT2D eigenvalue weighted by atomic mass is 10.00. The average molecular weight is 319 g/mol. The maximum Gasteiger partial charge on any atom is 0.220 e. The Labute approximate surface area is 134 Å². The Bertz CT molecular complexity index is 647. The van der Waals surface area contributed by atoms with Gasteiger partial charge in [-0.1, -0.05) is 23.7 Å². The highest BCUT2D eigenvalue weighted by Crippen LogP contribution is 2.36. The number of benzene rings is 1. The number of likely N-dealkylation sites (tertiary alicyclic amines) is 1. The molecular formula is C16H19ClN4O. The Morgan fingerprint density at radius 3 is 2.82 bits per heavy atom. The van der Waals surface area contributed by atoms with Crippen molar-refractivity contribution in [3.8, 4) is 11.1 Å². The number of nitrogens with zero attached hydrogens (tertiary/aromatic N) is 3. The Morgan fingerprint density at radius 1 is 1.32 bits per heavy atom. The van der Waals surface area contributed by atoms with Gasteiger partial charge in [-0.15, -0.1) is 0 Å². The summed E-state index contributed by atoms with van der Waals surface area (Å²) in [5.74, 6) is 0.281. The van der Waals surface area contributed by atoms with Crippen LogP contribution in [-0.4, -0.2) is 39.7 Å². The second-order valence-electron chi connectivity index (χ2n) is 5.45. The summed E-state index contributed by atoms with van der Waals surface area (Å²) in [6.45, 7) is 1.76. The third kappa shape index (κ3) is 3.06. The van der Waals surface area contributed by atoms with E-state index in [2.05, 4.69) is 14.9 Å². The molecule has 1 aromatic heterocycles. The molecule has 1 atom stereocenters. The first kappa shape index (κ1) is 15.2. The van der Waals surface area contributed by atoms with Crippen LogP contribution in [0.25, 0.3) is 11.1 Å². The van der Waals surface area contributed by atoms with Gasteiger partial charge in [-0.2, -0.15) is 0 Å². The molecule has 1 aromatic carbocycles. The van der Waals surface area contributed by atoms with Gasteiger partial charge in [0.15, 0.2) is 0 Å². The molecule has 0 spiro atoms. The molecule has 116 valence electrons. The van der Waals surface area contributed by atoms with E-state index >= 15 is 0 Å². The highest BCUT2D eigenvalue weighted by Gasteiger charge is 2.29. The molecule has 0 saturated carbocycles. The smallest absolute Gasteiger partial charge is 0.220 e. The van der Waals surface area contributed by atoms with Gasteiger partial charge in [-0.05, 0) is 37.1 Å². The summed E-state index contributed by atoms with van der Waals surface area (Å²) in [5.41, 5.74) is 8.73. The molecule has 0 bridgehead atoms. The van der Waals surface area contributed by atoms with Crippen LogP contribution in [-0.2, 0) is 0 Å². The van der Waals surface area contributed by atoms with E-state index < -0.39 is 0 Å². The first-order valence-electron chi connectivity index (χ1n) is 7.42. The number of nitrogens with two attached hydrogens (primary N) is 1. The molecule has 2 heterocycles. The quantitative estimate of drug-likeness (QED) is 0.906. The van der Waals surface area contributed by atoms with Crippen molar-refractivity contribution in [1.29, 1.82) is 0 Å². The SMILES string of the molecule is Nc1ncc(-c2ccc(Cl)cc2)c([C@@H]2CCCN2CCO)n1. The topological polar surface area (TPSA) is 75.3 Å². The van der Waals surface area contributed by atoms with Crippen LogP contribution in [0.4, 0.5) is 5.95 Å². The number of hydrogen-bond donors (Lipinski definition) is 2. The highest BCUT2D eigenvalue weighted by molar-refractivity contribution is 6.30. The first-order valence-corrected chi connectivity index (χ1v) is 7.80. The summed E-state index contributed by atoms with van der Waals surface area (Å²) >= 11 is 5.97. The first-order chi connectivity index (χ1) is 10.7.